The van der Waals surface area contributed by atoms with E-state index in [4.69, 9.17) is 0 Å². The van der Waals surface area contributed by atoms with Gasteiger partial charge in [-0.1, -0.05) is 0 Å². The topological polar surface area (TPSA) is 62.9 Å². The normalized spacial score (nSPS) is 24.7. The van der Waals surface area contributed by atoms with Crippen molar-refractivity contribution in [3.05, 3.63) is 53.9 Å². The molecule has 2 aromatic rings. The summed E-state index contributed by atoms with van der Waals surface area (Å²) in [6.07, 6.45) is 3.00. The molecule has 1 unspecified atom stereocenters. The van der Waals surface area contributed by atoms with Gasteiger partial charge in [-0.05, 0) is 48.7 Å². The Labute approximate surface area is 159 Å². The Kier molecular flexibility index (Phi) is 4.62. The molecule has 2 aliphatic rings. The zero-order valence-corrected chi connectivity index (χ0v) is 15.0. The maximum absolute atomic E-state index is 12.4. The predicted molar refractivity (Wildman–Crippen MR) is 96.4 cm³/mol. The second kappa shape index (κ2) is 6.97. The minimum atomic E-state index is -4.73. The van der Waals surface area contributed by atoms with Crippen molar-refractivity contribution in [1.82, 2.24) is 14.7 Å². The minimum Gasteiger partial charge on any atom is -0.406 e. The molecule has 0 bridgehead atoms. The minimum absolute atomic E-state index is 0.125. The van der Waals surface area contributed by atoms with Crippen LogP contribution in [0.2, 0.25) is 0 Å². The number of aromatic nitrogens is 2. The summed E-state index contributed by atoms with van der Waals surface area (Å²) in [6, 6.07) is 5.59. The van der Waals surface area contributed by atoms with Crippen LogP contribution in [0.5, 0.6) is 5.75 Å². The van der Waals surface area contributed by atoms with Crippen LogP contribution in [0.15, 0.2) is 47.7 Å². The Morgan fingerprint density at radius 1 is 1.18 bits per heavy atom. The standard InChI is InChI=1S/C19H19F3N4O2/c1-25-11-13(10-24-25)18-23-9-8-15(26(18)16-6-7-17(16)27)12-2-4-14(5-3-12)28-19(20,21)22/h2-5,8-11,16-18,27H,6-7H2,1H3/t16-,17+,18?/m1/s1. The number of aryl methyl sites for hydroxylation is 1. The van der Waals surface area contributed by atoms with Gasteiger partial charge in [0.25, 0.3) is 0 Å². The van der Waals surface area contributed by atoms with E-state index in [1.807, 2.05) is 18.1 Å². The lowest BCUT2D eigenvalue weighted by atomic mass is 9.85. The zero-order valence-electron chi connectivity index (χ0n) is 15.0. The average molecular weight is 392 g/mol. The van der Waals surface area contributed by atoms with Crippen LogP contribution in [0.3, 0.4) is 0 Å². The van der Waals surface area contributed by atoms with Gasteiger partial charge in [0.15, 0.2) is 6.17 Å². The van der Waals surface area contributed by atoms with Crippen LogP contribution in [0.4, 0.5) is 13.2 Å². The predicted octanol–water partition coefficient (Wildman–Crippen LogP) is 3.27. The highest BCUT2D eigenvalue weighted by molar-refractivity contribution is 5.86. The molecule has 1 saturated carbocycles. The summed E-state index contributed by atoms with van der Waals surface area (Å²) in [7, 11) is 1.81. The van der Waals surface area contributed by atoms with Crippen molar-refractivity contribution in [3.63, 3.8) is 0 Å². The van der Waals surface area contributed by atoms with E-state index in [2.05, 4.69) is 14.8 Å². The zero-order chi connectivity index (χ0) is 19.9. The van der Waals surface area contributed by atoms with Crippen molar-refractivity contribution in [2.45, 2.75) is 37.5 Å². The molecule has 0 saturated heterocycles. The van der Waals surface area contributed by atoms with Crippen molar-refractivity contribution in [2.75, 3.05) is 0 Å². The van der Waals surface area contributed by atoms with Crippen molar-refractivity contribution >= 4 is 11.9 Å². The number of allylic oxidation sites excluding steroid dienone is 1. The number of alkyl halides is 3. The number of ether oxygens (including phenoxy) is 1. The highest BCUT2D eigenvalue weighted by Crippen LogP contribution is 2.41. The van der Waals surface area contributed by atoms with Crippen molar-refractivity contribution < 1.29 is 23.0 Å². The summed E-state index contributed by atoms with van der Waals surface area (Å²) < 4.78 is 42.9. The maximum Gasteiger partial charge on any atom is 0.573 e. The van der Waals surface area contributed by atoms with Gasteiger partial charge in [0, 0.05) is 30.7 Å². The number of hydrogen-bond acceptors (Lipinski definition) is 5. The fourth-order valence-electron chi connectivity index (χ4n) is 3.53. The smallest absolute Gasteiger partial charge is 0.406 e. The largest absolute Gasteiger partial charge is 0.573 e. The van der Waals surface area contributed by atoms with Gasteiger partial charge in [-0.15, -0.1) is 13.2 Å². The molecule has 28 heavy (non-hydrogen) atoms. The molecular weight excluding hydrogens is 373 g/mol. The third-order valence-corrected chi connectivity index (χ3v) is 4.97. The molecule has 2 heterocycles. The van der Waals surface area contributed by atoms with Gasteiger partial charge in [-0.2, -0.15) is 5.10 Å². The van der Waals surface area contributed by atoms with E-state index in [1.54, 1.807) is 35.3 Å². The Morgan fingerprint density at radius 3 is 2.46 bits per heavy atom. The summed E-state index contributed by atoms with van der Waals surface area (Å²) in [5.41, 5.74) is 2.38. The third-order valence-electron chi connectivity index (χ3n) is 4.97. The Bertz CT molecular complexity index is 905. The molecule has 0 amide bonds. The van der Waals surface area contributed by atoms with Crippen LogP contribution in [0, 0.1) is 0 Å². The maximum atomic E-state index is 12.4. The van der Waals surface area contributed by atoms with Crippen LogP contribution in [0.25, 0.3) is 5.70 Å². The molecule has 1 N–H and O–H groups in total. The fraction of sp³-hybridized carbons (Fsp3) is 0.368. The number of aliphatic hydroxyl groups excluding tert-OH is 1. The average Bonchev–Trinajstić information content (AvgIpc) is 3.06. The molecule has 1 aliphatic carbocycles. The van der Waals surface area contributed by atoms with Gasteiger partial charge in [0.1, 0.15) is 5.75 Å². The molecule has 0 radical (unpaired) electrons. The molecule has 148 valence electrons. The number of halogens is 3. The quantitative estimate of drug-likeness (QED) is 0.868. The third kappa shape index (κ3) is 3.62. The SMILES string of the molecule is Cn1cc(C2N=CC=C(c3ccc(OC(F)(F)F)cc3)N2[C@@H]2CC[C@@H]2O)cn1. The highest BCUT2D eigenvalue weighted by atomic mass is 19.4. The molecule has 1 aliphatic heterocycles. The Morgan fingerprint density at radius 2 is 1.93 bits per heavy atom. The number of aliphatic imine (C=N–C) groups is 1. The number of aliphatic hydroxyl groups is 1. The van der Waals surface area contributed by atoms with E-state index in [0.29, 0.717) is 12.0 Å². The highest BCUT2D eigenvalue weighted by Gasteiger charge is 2.40. The first-order chi connectivity index (χ1) is 13.3. The van der Waals surface area contributed by atoms with E-state index in [9.17, 15) is 18.3 Å². The van der Waals surface area contributed by atoms with Gasteiger partial charge in [-0.3, -0.25) is 9.67 Å². The van der Waals surface area contributed by atoms with Gasteiger partial charge < -0.3 is 14.7 Å². The lowest BCUT2D eigenvalue weighted by Gasteiger charge is -2.47. The Hall–Kier alpha value is -2.81. The van der Waals surface area contributed by atoms with Gasteiger partial charge in [0.2, 0.25) is 0 Å². The second-order valence-electron chi connectivity index (χ2n) is 6.86. The van der Waals surface area contributed by atoms with Crippen molar-refractivity contribution in [2.24, 2.45) is 12.0 Å². The van der Waals surface area contributed by atoms with Crippen LogP contribution < -0.4 is 4.74 Å². The van der Waals surface area contributed by atoms with E-state index < -0.39 is 12.5 Å². The molecule has 1 aromatic carbocycles. The van der Waals surface area contributed by atoms with Crippen LogP contribution >= 0.6 is 0 Å². The van der Waals surface area contributed by atoms with E-state index in [1.165, 1.54) is 12.1 Å². The number of benzene rings is 1. The fourth-order valence-corrected chi connectivity index (χ4v) is 3.53. The van der Waals surface area contributed by atoms with Crippen molar-refractivity contribution in [1.29, 1.82) is 0 Å². The molecular formula is C19H19F3N4O2. The molecule has 0 spiro atoms. The number of rotatable bonds is 4. The van der Waals surface area contributed by atoms with Crippen LogP contribution in [-0.2, 0) is 7.05 Å². The molecule has 1 aromatic heterocycles. The number of nitrogens with zero attached hydrogens (tertiary/aromatic N) is 4. The summed E-state index contributed by atoms with van der Waals surface area (Å²) >= 11 is 0. The lowest BCUT2D eigenvalue weighted by Crippen LogP contribution is -2.51. The van der Waals surface area contributed by atoms with Gasteiger partial charge in [0.05, 0.1) is 18.3 Å². The first-order valence-corrected chi connectivity index (χ1v) is 8.86. The van der Waals surface area contributed by atoms with Crippen LogP contribution in [-0.4, -0.2) is 44.5 Å². The lowest BCUT2D eigenvalue weighted by molar-refractivity contribution is -0.274. The summed E-state index contributed by atoms with van der Waals surface area (Å²) in [5.74, 6) is -0.277. The summed E-state index contributed by atoms with van der Waals surface area (Å²) in [6.45, 7) is 0. The van der Waals surface area contributed by atoms with E-state index >= 15 is 0 Å². The van der Waals surface area contributed by atoms with E-state index in [-0.39, 0.29) is 18.0 Å². The van der Waals surface area contributed by atoms with Crippen molar-refractivity contribution in [3.8, 4) is 5.75 Å². The van der Waals surface area contributed by atoms with Gasteiger partial charge >= 0.3 is 6.36 Å². The summed E-state index contributed by atoms with van der Waals surface area (Å²) in [5, 5.41) is 14.5. The first kappa shape index (κ1) is 18.5. The molecule has 1 fully saturated rings. The number of hydrogen-bond donors (Lipinski definition) is 1. The first-order valence-electron chi connectivity index (χ1n) is 8.86. The van der Waals surface area contributed by atoms with Gasteiger partial charge in [-0.25, -0.2) is 0 Å². The molecule has 4 rings (SSSR count). The summed E-state index contributed by atoms with van der Waals surface area (Å²) in [4.78, 5) is 6.58. The molecule has 3 atom stereocenters. The second-order valence-corrected chi connectivity index (χ2v) is 6.86. The van der Waals surface area contributed by atoms with E-state index in [0.717, 1.165) is 17.7 Å². The Balaban J connectivity index is 1.66. The monoisotopic (exact) mass is 392 g/mol. The van der Waals surface area contributed by atoms with Crippen LogP contribution in [0.1, 0.15) is 30.1 Å². The molecule has 6 nitrogen and oxygen atoms in total. The molecule has 9 heteroatoms.